The van der Waals surface area contributed by atoms with E-state index in [1.165, 1.54) is 11.8 Å². The molecule has 1 aromatic carbocycles. The molecule has 2 rings (SSSR count). The zero-order valence-electron chi connectivity index (χ0n) is 16.4. The molecule has 1 aromatic rings. The lowest BCUT2D eigenvalue weighted by Gasteiger charge is -2.28. The molecule has 5 heteroatoms. The van der Waals surface area contributed by atoms with Gasteiger partial charge in [-0.1, -0.05) is 60.2 Å². The minimum absolute atomic E-state index is 0.00884. The van der Waals surface area contributed by atoms with Gasteiger partial charge in [-0.3, -0.25) is 9.80 Å². The third-order valence-electron chi connectivity index (χ3n) is 4.20. The third kappa shape index (κ3) is 4.39. The zero-order chi connectivity index (χ0) is 19.0. The molecule has 1 aliphatic heterocycles. The van der Waals surface area contributed by atoms with Gasteiger partial charge in [0.15, 0.2) is 0 Å². The lowest BCUT2D eigenvalue weighted by atomic mass is 9.78. The van der Waals surface area contributed by atoms with Crippen molar-refractivity contribution >= 4 is 23.7 Å². The first-order chi connectivity index (χ1) is 11.4. The Kier molecular flexibility index (Phi) is 5.59. The van der Waals surface area contributed by atoms with Crippen molar-refractivity contribution in [3.8, 4) is 5.75 Å². The predicted octanol–water partition coefficient (Wildman–Crippen LogP) is 4.39. The number of nitrogens with one attached hydrogen (secondary N) is 1. The Labute approximate surface area is 155 Å². The number of phenolic OH excluding ortho intramolecular Hbond substituents is 1. The minimum atomic E-state index is -0.179. The summed E-state index contributed by atoms with van der Waals surface area (Å²) < 4.78 is 0. The van der Waals surface area contributed by atoms with Gasteiger partial charge < -0.3 is 5.11 Å². The highest BCUT2D eigenvalue weighted by atomic mass is 32.2. The fourth-order valence-corrected chi connectivity index (χ4v) is 3.76. The number of carbonyl (C=O) groups is 1. The van der Waals surface area contributed by atoms with Crippen molar-refractivity contribution in [3.05, 3.63) is 33.7 Å². The van der Waals surface area contributed by atoms with E-state index in [2.05, 4.69) is 47.0 Å². The van der Waals surface area contributed by atoms with Crippen LogP contribution in [-0.4, -0.2) is 28.4 Å². The van der Waals surface area contributed by atoms with Crippen LogP contribution in [0.4, 0.5) is 0 Å². The molecule has 4 nitrogen and oxygen atoms in total. The average Bonchev–Trinajstić information content (AvgIpc) is 2.80. The summed E-state index contributed by atoms with van der Waals surface area (Å²) in [4.78, 5) is 13.2. The van der Waals surface area contributed by atoms with Crippen molar-refractivity contribution in [2.24, 2.45) is 0 Å². The van der Waals surface area contributed by atoms with Gasteiger partial charge in [0.05, 0.1) is 10.8 Å². The SMILES string of the molecule is CCNN1CS/C(=C\c2cc(C(C)(C)C)c(O)c(C(C)(C)C)c2)C1=O. The molecule has 1 heterocycles. The van der Waals surface area contributed by atoms with Crippen molar-refractivity contribution in [3.63, 3.8) is 0 Å². The number of rotatable bonds is 3. The lowest BCUT2D eigenvalue weighted by Crippen LogP contribution is -2.38. The Morgan fingerprint density at radius 1 is 1.16 bits per heavy atom. The van der Waals surface area contributed by atoms with Gasteiger partial charge in [-0.25, -0.2) is 5.43 Å². The quantitative estimate of drug-likeness (QED) is 0.783. The highest BCUT2D eigenvalue weighted by molar-refractivity contribution is 8.04. The van der Waals surface area contributed by atoms with Crippen molar-refractivity contribution in [2.45, 2.75) is 59.3 Å². The van der Waals surface area contributed by atoms with E-state index in [1.807, 2.05) is 25.1 Å². The lowest BCUT2D eigenvalue weighted by molar-refractivity contribution is -0.127. The number of hydrogen-bond acceptors (Lipinski definition) is 4. The number of aromatic hydroxyl groups is 1. The molecule has 0 radical (unpaired) electrons. The summed E-state index contributed by atoms with van der Waals surface area (Å²) in [5, 5.41) is 12.4. The molecular formula is C20H30N2O2S. The maximum Gasteiger partial charge on any atom is 0.275 e. The number of hydrazine groups is 1. The Morgan fingerprint density at radius 3 is 2.12 bits per heavy atom. The van der Waals surface area contributed by atoms with Crippen molar-refractivity contribution < 1.29 is 9.90 Å². The number of phenols is 1. The molecule has 0 spiro atoms. The molecule has 2 N–H and O–H groups in total. The second-order valence-corrected chi connectivity index (χ2v) is 9.48. The summed E-state index contributed by atoms with van der Waals surface area (Å²) in [6.45, 7) is 15.2. The molecule has 1 aliphatic rings. The van der Waals surface area contributed by atoms with Gasteiger partial charge >= 0.3 is 0 Å². The summed E-state index contributed by atoms with van der Waals surface area (Å²) >= 11 is 1.54. The average molecular weight is 363 g/mol. The van der Waals surface area contributed by atoms with Gasteiger partial charge in [0, 0.05) is 17.7 Å². The van der Waals surface area contributed by atoms with Crippen LogP contribution in [0.15, 0.2) is 17.0 Å². The van der Waals surface area contributed by atoms with E-state index in [0.717, 1.165) is 28.1 Å². The molecule has 0 aromatic heterocycles. The van der Waals surface area contributed by atoms with E-state index in [1.54, 1.807) is 5.01 Å². The number of amides is 1. The summed E-state index contributed by atoms with van der Waals surface area (Å²) in [7, 11) is 0. The Morgan fingerprint density at radius 2 is 1.68 bits per heavy atom. The van der Waals surface area contributed by atoms with Crippen LogP contribution in [0, 0.1) is 0 Å². The van der Waals surface area contributed by atoms with E-state index in [0.29, 0.717) is 11.6 Å². The number of thioether (sulfide) groups is 1. The molecular weight excluding hydrogens is 332 g/mol. The van der Waals surface area contributed by atoms with Gasteiger partial charge in [-0.2, -0.15) is 0 Å². The smallest absolute Gasteiger partial charge is 0.275 e. The van der Waals surface area contributed by atoms with Crippen LogP contribution >= 0.6 is 11.8 Å². The van der Waals surface area contributed by atoms with Gasteiger partial charge in [0.25, 0.3) is 5.91 Å². The molecule has 138 valence electrons. The van der Waals surface area contributed by atoms with Gasteiger partial charge in [0.1, 0.15) is 5.75 Å². The second-order valence-electron chi connectivity index (χ2n) is 8.49. The number of nitrogens with zero attached hydrogens (tertiary/aromatic N) is 1. The van der Waals surface area contributed by atoms with Gasteiger partial charge in [-0.15, -0.1) is 0 Å². The van der Waals surface area contributed by atoms with Crippen LogP contribution in [0.5, 0.6) is 5.75 Å². The highest BCUT2D eigenvalue weighted by Crippen LogP contribution is 2.40. The van der Waals surface area contributed by atoms with Crippen LogP contribution in [0.1, 0.15) is 65.2 Å². The van der Waals surface area contributed by atoms with Crippen LogP contribution in [-0.2, 0) is 15.6 Å². The van der Waals surface area contributed by atoms with E-state index in [9.17, 15) is 9.90 Å². The molecule has 1 saturated heterocycles. The molecule has 0 unspecified atom stereocenters. The number of hydrogen-bond donors (Lipinski definition) is 2. The predicted molar refractivity (Wildman–Crippen MR) is 106 cm³/mol. The maximum absolute atomic E-state index is 12.5. The largest absolute Gasteiger partial charge is 0.507 e. The summed E-state index contributed by atoms with van der Waals surface area (Å²) in [6, 6.07) is 4.00. The number of benzene rings is 1. The molecule has 1 amide bonds. The van der Waals surface area contributed by atoms with E-state index >= 15 is 0 Å². The first kappa shape index (κ1) is 19.9. The van der Waals surface area contributed by atoms with Crippen molar-refractivity contribution in [1.29, 1.82) is 0 Å². The number of carbonyl (C=O) groups excluding carboxylic acids is 1. The minimum Gasteiger partial charge on any atom is -0.507 e. The first-order valence-electron chi connectivity index (χ1n) is 8.73. The molecule has 0 saturated carbocycles. The van der Waals surface area contributed by atoms with Gasteiger partial charge in [0.2, 0.25) is 0 Å². The normalized spacial score (nSPS) is 17.6. The van der Waals surface area contributed by atoms with Crippen LogP contribution in [0.25, 0.3) is 6.08 Å². The first-order valence-corrected chi connectivity index (χ1v) is 9.71. The van der Waals surface area contributed by atoms with Crippen LogP contribution in [0.2, 0.25) is 0 Å². The Bertz CT molecular complexity index is 662. The van der Waals surface area contributed by atoms with Crippen LogP contribution in [0.3, 0.4) is 0 Å². The summed E-state index contributed by atoms with van der Waals surface area (Å²) in [5.74, 6) is 0.992. The summed E-state index contributed by atoms with van der Waals surface area (Å²) in [6.07, 6.45) is 1.94. The third-order valence-corrected chi connectivity index (χ3v) is 5.19. The monoisotopic (exact) mass is 362 g/mol. The summed E-state index contributed by atoms with van der Waals surface area (Å²) in [5.41, 5.74) is 5.49. The fourth-order valence-electron chi connectivity index (χ4n) is 2.83. The molecule has 0 bridgehead atoms. The van der Waals surface area contributed by atoms with Gasteiger partial charge in [-0.05, 0) is 34.6 Å². The zero-order valence-corrected chi connectivity index (χ0v) is 17.2. The van der Waals surface area contributed by atoms with Crippen molar-refractivity contribution in [2.75, 3.05) is 12.4 Å². The molecule has 0 atom stereocenters. The Hall–Kier alpha value is -1.46. The van der Waals surface area contributed by atoms with Crippen molar-refractivity contribution in [1.82, 2.24) is 10.4 Å². The Balaban J connectivity index is 2.52. The van der Waals surface area contributed by atoms with Crippen LogP contribution < -0.4 is 5.43 Å². The van der Waals surface area contributed by atoms with E-state index < -0.39 is 0 Å². The molecule has 25 heavy (non-hydrogen) atoms. The maximum atomic E-state index is 12.5. The van der Waals surface area contributed by atoms with E-state index in [4.69, 9.17) is 0 Å². The fraction of sp³-hybridized carbons (Fsp3) is 0.550. The van der Waals surface area contributed by atoms with E-state index in [-0.39, 0.29) is 16.7 Å². The topological polar surface area (TPSA) is 52.6 Å². The highest BCUT2D eigenvalue weighted by Gasteiger charge is 2.29. The second kappa shape index (κ2) is 7.04. The molecule has 0 aliphatic carbocycles. The standard InChI is InChI=1S/C20H30N2O2S/c1-8-21-22-12-25-16(18(22)24)11-13-9-14(19(2,3)4)17(23)15(10-13)20(5,6)7/h9-11,21,23H,8,12H2,1-7H3/b16-11-. The molecule has 1 fully saturated rings.